The number of ether oxygens (including phenoxy) is 1. The van der Waals surface area contributed by atoms with Gasteiger partial charge in [0.1, 0.15) is 5.75 Å². The van der Waals surface area contributed by atoms with E-state index in [1.54, 1.807) is 26.2 Å². The maximum atomic E-state index is 10.7. The van der Waals surface area contributed by atoms with E-state index in [0.717, 1.165) is 21.3 Å². The lowest BCUT2D eigenvalue weighted by Gasteiger charge is -2.24. The van der Waals surface area contributed by atoms with E-state index in [9.17, 15) is 5.11 Å². The highest BCUT2D eigenvalue weighted by molar-refractivity contribution is 9.10. The fraction of sp³-hybridized carbons (Fsp3) is 0.250. The van der Waals surface area contributed by atoms with Gasteiger partial charge >= 0.3 is 0 Å². The number of methoxy groups -OCH3 is 1. The van der Waals surface area contributed by atoms with Crippen LogP contribution in [0.15, 0.2) is 46.9 Å². The van der Waals surface area contributed by atoms with Crippen molar-refractivity contribution in [2.45, 2.75) is 18.9 Å². The van der Waals surface area contributed by atoms with E-state index in [1.807, 2.05) is 30.3 Å². The van der Waals surface area contributed by atoms with Crippen molar-refractivity contribution in [3.8, 4) is 5.75 Å². The van der Waals surface area contributed by atoms with Crippen LogP contribution < -0.4 is 4.74 Å². The predicted octanol–water partition coefficient (Wildman–Crippen LogP) is 4.56. The molecule has 2 aromatic rings. The largest absolute Gasteiger partial charge is 0.496 e. The molecule has 0 aromatic heterocycles. The van der Waals surface area contributed by atoms with Gasteiger partial charge in [0.25, 0.3) is 0 Å². The van der Waals surface area contributed by atoms with Crippen molar-refractivity contribution in [3.05, 3.63) is 63.1 Å². The summed E-state index contributed by atoms with van der Waals surface area (Å²) in [5.41, 5.74) is 0.846. The molecule has 0 spiro atoms. The smallest absolute Gasteiger partial charge is 0.133 e. The summed E-state index contributed by atoms with van der Waals surface area (Å²) in [6.45, 7) is 1.79. The van der Waals surface area contributed by atoms with Gasteiger partial charge in [-0.05, 0) is 58.2 Å². The number of benzene rings is 2. The van der Waals surface area contributed by atoms with Crippen molar-refractivity contribution in [1.29, 1.82) is 0 Å². The van der Waals surface area contributed by atoms with Gasteiger partial charge in [0, 0.05) is 11.4 Å². The monoisotopic (exact) mass is 354 g/mol. The molecular formula is C16H16BrClO2. The highest BCUT2D eigenvalue weighted by atomic mass is 79.9. The average Bonchev–Trinajstić information content (AvgIpc) is 2.38. The number of hydrogen-bond acceptors (Lipinski definition) is 2. The highest BCUT2D eigenvalue weighted by Gasteiger charge is 2.24. The summed E-state index contributed by atoms with van der Waals surface area (Å²) < 4.78 is 6.08. The van der Waals surface area contributed by atoms with Crippen LogP contribution in [0.3, 0.4) is 0 Å². The second-order valence-electron chi connectivity index (χ2n) is 4.93. The Bertz CT molecular complexity index is 611. The molecule has 0 fully saturated rings. The second-order valence-corrected chi connectivity index (χ2v) is 6.22. The minimum absolute atomic E-state index is 0.496. The molecule has 0 saturated heterocycles. The van der Waals surface area contributed by atoms with Gasteiger partial charge in [-0.2, -0.15) is 0 Å². The summed E-state index contributed by atoms with van der Waals surface area (Å²) in [4.78, 5) is 0. The van der Waals surface area contributed by atoms with Crippen LogP contribution in [0.1, 0.15) is 18.1 Å². The topological polar surface area (TPSA) is 29.5 Å². The predicted molar refractivity (Wildman–Crippen MR) is 85.4 cm³/mol. The Hall–Kier alpha value is -1.03. The van der Waals surface area contributed by atoms with Crippen molar-refractivity contribution in [2.75, 3.05) is 7.11 Å². The summed E-state index contributed by atoms with van der Waals surface area (Å²) >= 11 is 9.44. The van der Waals surface area contributed by atoms with Crippen LogP contribution in [-0.4, -0.2) is 12.2 Å². The summed E-state index contributed by atoms with van der Waals surface area (Å²) in [5.74, 6) is 0.774. The quantitative estimate of drug-likeness (QED) is 0.871. The Morgan fingerprint density at radius 1 is 1.25 bits per heavy atom. The molecule has 0 saturated carbocycles. The van der Waals surface area contributed by atoms with Crippen LogP contribution in [-0.2, 0) is 12.0 Å². The van der Waals surface area contributed by atoms with E-state index >= 15 is 0 Å². The van der Waals surface area contributed by atoms with Crippen molar-refractivity contribution in [3.63, 3.8) is 0 Å². The molecule has 2 aromatic carbocycles. The molecule has 20 heavy (non-hydrogen) atoms. The third kappa shape index (κ3) is 3.54. The zero-order chi connectivity index (χ0) is 14.8. The van der Waals surface area contributed by atoms with Gasteiger partial charge in [0.15, 0.2) is 0 Å². The average molecular weight is 356 g/mol. The molecule has 0 aliphatic rings. The van der Waals surface area contributed by atoms with Gasteiger partial charge in [-0.3, -0.25) is 0 Å². The van der Waals surface area contributed by atoms with Gasteiger partial charge in [0.05, 0.1) is 17.2 Å². The standard InChI is InChI=1S/C16H16BrClO2/c1-16(19,12-4-3-5-13(18)9-12)10-11-6-7-15(20-2)14(17)8-11/h3-9,19H,10H2,1-2H3. The Morgan fingerprint density at radius 2 is 2.00 bits per heavy atom. The van der Waals surface area contributed by atoms with Gasteiger partial charge in [-0.1, -0.05) is 29.8 Å². The number of halogens is 2. The van der Waals surface area contributed by atoms with Crippen LogP contribution in [0.2, 0.25) is 5.02 Å². The third-order valence-electron chi connectivity index (χ3n) is 3.21. The van der Waals surface area contributed by atoms with Crippen LogP contribution in [0.4, 0.5) is 0 Å². The van der Waals surface area contributed by atoms with E-state index in [-0.39, 0.29) is 0 Å². The Labute approximate surface area is 132 Å². The number of rotatable bonds is 4. The van der Waals surface area contributed by atoms with Crippen LogP contribution >= 0.6 is 27.5 Å². The maximum absolute atomic E-state index is 10.7. The molecule has 0 radical (unpaired) electrons. The summed E-state index contributed by atoms with van der Waals surface area (Å²) in [5, 5.41) is 11.3. The maximum Gasteiger partial charge on any atom is 0.133 e. The first-order chi connectivity index (χ1) is 9.42. The molecule has 0 aliphatic heterocycles. The molecule has 2 nitrogen and oxygen atoms in total. The van der Waals surface area contributed by atoms with Crippen molar-refractivity contribution in [1.82, 2.24) is 0 Å². The van der Waals surface area contributed by atoms with Gasteiger partial charge in [-0.15, -0.1) is 0 Å². The number of hydrogen-bond donors (Lipinski definition) is 1. The molecular weight excluding hydrogens is 340 g/mol. The fourth-order valence-electron chi connectivity index (χ4n) is 2.14. The molecule has 106 valence electrons. The van der Waals surface area contributed by atoms with Gasteiger partial charge < -0.3 is 9.84 Å². The molecule has 0 heterocycles. The van der Waals surface area contributed by atoms with Crippen LogP contribution in [0.5, 0.6) is 5.75 Å². The SMILES string of the molecule is COc1ccc(CC(C)(O)c2cccc(Cl)c2)cc1Br. The van der Waals surface area contributed by atoms with Crippen molar-refractivity contribution in [2.24, 2.45) is 0 Å². The minimum atomic E-state index is -0.973. The molecule has 1 atom stereocenters. The zero-order valence-electron chi connectivity index (χ0n) is 11.4. The lowest BCUT2D eigenvalue weighted by molar-refractivity contribution is 0.0576. The number of aliphatic hydroxyl groups is 1. The molecule has 0 amide bonds. The van der Waals surface area contributed by atoms with E-state index in [2.05, 4.69) is 15.9 Å². The highest BCUT2D eigenvalue weighted by Crippen LogP contribution is 2.31. The minimum Gasteiger partial charge on any atom is -0.496 e. The van der Waals surface area contributed by atoms with Crippen LogP contribution in [0, 0.1) is 0 Å². The third-order valence-corrected chi connectivity index (χ3v) is 4.07. The Morgan fingerprint density at radius 3 is 2.60 bits per heavy atom. The van der Waals surface area contributed by atoms with E-state index in [4.69, 9.17) is 16.3 Å². The van der Waals surface area contributed by atoms with Crippen LogP contribution in [0.25, 0.3) is 0 Å². The van der Waals surface area contributed by atoms with E-state index in [1.165, 1.54) is 0 Å². The Kier molecular flexibility index (Phi) is 4.74. The van der Waals surface area contributed by atoms with Crippen molar-refractivity contribution < 1.29 is 9.84 Å². The molecule has 0 bridgehead atoms. The molecule has 1 N–H and O–H groups in total. The summed E-state index contributed by atoms with van der Waals surface area (Å²) in [6.07, 6.45) is 0.496. The van der Waals surface area contributed by atoms with E-state index in [0.29, 0.717) is 11.4 Å². The lowest BCUT2D eigenvalue weighted by Crippen LogP contribution is -2.24. The first-order valence-electron chi connectivity index (χ1n) is 6.23. The Balaban J connectivity index is 2.26. The first kappa shape index (κ1) is 15.4. The lowest BCUT2D eigenvalue weighted by atomic mass is 9.89. The first-order valence-corrected chi connectivity index (χ1v) is 7.40. The van der Waals surface area contributed by atoms with Gasteiger partial charge in [0.2, 0.25) is 0 Å². The normalized spacial score (nSPS) is 13.8. The molecule has 2 rings (SSSR count). The molecule has 4 heteroatoms. The molecule has 0 aliphatic carbocycles. The fourth-order valence-corrected chi connectivity index (χ4v) is 2.92. The second kappa shape index (κ2) is 6.17. The van der Waals surface area contributed by atoms with E-state index < -0.39 is 5.60 Å². The van der Waals surface area contributed by atoms with Gasteiger partial charge in [-0.25, -0.2) is 0 Å². The summed E-state index contributed by atoms with van der Waals surface area (Å²) in [6, 6.07) is 13.1. The van der Waals surface area contributed by atoms with Crippen molar-refractivity contribution >= 4 is 27.5 Å². The molecule has 1 unspecified atom stereocenters. The summed E-state index contributed by atoms with van der Waals surface area (Å²) in [7, 11) is 1.63. The zero-order valence-corrected chi connectivity index (χ0v) is 13.7.